The fraction of sp³-hybridized carbons (Fsp3) is 1.00. The minimum absolute atomic E-state index is 0.358. The molecule has 0 rings (SSSR count). The molecule has 3 nitrogen and oxygen atoms in total. The van der Waals surface area contributed by atoms with Crippen molar-refractivity contribution >= 4 is 26.9 Å². The van der Waals surface area contributed by atoms with Gasteiger partial charge in [-0.05, 0) is 6.42 Å². The molecule has 0 aliphatic heterocycles. The van der Waals surface area contributed by atoms with Crippen LogP contribution < -0.4 is 0 Å². The molecule has 0 heterocycles. The maximum absolute atomic E-state index is 9.75. The molecule has 0 saturated heterocycles. The monoisotopic (exact) mass is 202 g/mol. The highest BCUT2D eigenvalue weighted by atomic mass is 79.9. The summed E-state index contributed by atoms with van der Waals surface area (Å²) in [6, 6.07) is 0. The molecule has 0 aromatic heterocycles. The van der Waals surface area contributed by atoms with E-state index >= 15 is 0 Å². The van der Waals surface area contributed by atoms with Crippen LogP contribution in [0.4, 0.5) is 0 Å². The molecule has 8 heavy (non-hydrogen) atoms. The molecule has 0 fully saturated rings. The van der Waals surface area contributed by atoms with E-state index in [1.54, 1.807) is 0 Å². The van der Waals surface area contributed by atoms with Crippen molar-refractivity contribution in [1.29, 1.82) is 0 Å². The van der Waals surface area contributed by atoms with Gasteiger partial charge in [0.15, 0.2) is 0 Å². The lowest BCUT2D eigenvalue weighted by molar-refractivity contribution is 0.307. The van der Waals surface area contributed by atoms with E-state index in [2.05, 4.69) is 20.1 Å². The van der Waals surface area contributed by atoms with Crippen LogP contribution in [0.25, 0.3) is 0 Å². The molecule has 5 heteroatoms. The summed E-state index contributed by atoms with van der Waals surface area (Å²) in [5.74, 6) is 0. The van der Waals surface area contributed by atoms with Gasteiger partial charge in [0.1, 0.15) is 5.01 Å². The summed E-state index contributed by atoms with van der Waals surface area (Å²) in [4.78, 5) is 0. The van der Waals surface area contributed by atoms with E-state index in [4.69, 9.17) is 0 Å². The van der Waals surface area contributed by atoms with Crippen LogP contribution in [0.15, 0.2) is 0 Å². The van der Waals surface area contributed by atoms with Crippen LogP contribution >= 0.6 is 15.9 Å². The van der Waals surface area contributed by atoms with Crippen LogP contribution in [0.3, 0.4) is 0 Å². The zero-order chi connectivity index (χ0) is 6.57. The molecule has 1 unspecified atom stereocenters. The van der Waals surface area contributed by atoms with Crippen LogP contribution in [0.2, 0.25) is 0 Å². The highest BCUT2D eigenvalue weighted by Crippen LogP contribution is 2.04. The van der Waals surface area contributed by atoms with Crippen LogP contribution in [0.5, 0.6) is 0 Å². The summed E-state index contributed by atoms with van der Waals surface area (Å²) in [6.07, 6.45) is 0.642. The number of hydrogen-bond donors (Lipinski definition) is 1. The van der Waals surface area contributed by atoms with Crippen LogP contribution in [-0.2, 0) is 15.2 Å². The number of alkyl halides is 1. The van der Waals surface area contributed by atoms with E-state index < -0.39 is 11.0 Å². The molecule has 0 N–H and O–H groups in total. The molecule has 1 atom stereocenters. The minimum atomic E-state index is -2.69. The summed E-state index contributed by atoms with van der Waals surface area (Å²) in [5, 5.41) is -0.358. The van der Waals surface area contributed by atoms with Crippen molar-refractivity contribution in [3.8, 4) is 0 Å². The lowest BCUT2D eigenvalue weighted by Gasteiger charge is -1.98. The second kappa shape index (κ2) is 4.29. The largest absolute Gasteiger partial charge is 0.258 e. The van der Waals surface area contributed by atoms with Crippen molar-refractivity contribution in [2.24, 2.45) is 0 Å². The third kappa shape index (κ3) is 4.55. The fourth-order valence-electron chi connectivity index (χ4n) is 0.168. The SMILES string of the molecule is CCC(Br)O[SH](=O)=O. The van der Waals surface area contributed by atoms with Crippen molar-refractivity contribution < 1.29 is 12.6 Å². The standard InChI is InChI=1S/C3H7BrO3S/c1-2-3(4)7-8(5)6/h3,8H,2H2,1H3. The van der Waals surface area contributed by atoms with Crippen molar-refractivity contribution in [2.45, 2.75) is 18.4 Å². The van der Waals surface area contributed by atoms with E-state index in [1.807, 2.05) is 6.92 Å². The average molecular weight is 203 g/mol. The van der Waals surface area contributed by atoms with Crippen molar-refractivity contribution in [3.05, 3.63) is 0 Å². The Kier molecular flexibility index (Phi) is 4.50. The third-order valence-corrected chi connectivity index (χ3v) is 2.07. The average Bonchev–Trinajstić information content (AvgIpc) is 1.65. The zero-order valence-electron chi connectivity index (χ0n) is 4.33. The smallest absolute Gasteiger partial charge is 0.257 e. The first-order valence-electron chi connectivity index (χ1n) is 2.12. The third-order valence-electron chi connectivity index (χ3n) is 0.521. The predicted octanol–water partition coefficient (Wildman–Crippen LogP) is 0.660. The Labute approximate surface area is 58.3 Å². The van der Waals surface area contributed by atoms with Gasteiger partial charge in [-0.3, -0.25) is 4.18 Å². The van der Waals surface area contributed by atoms with Crippen molar-refractivity contribution in [1.82, 2.24) is 0 Å². The second-order valence-corrected chi connectivity index (χ2v) is 2.83. The normalized spacial score (nSPS) is 14.4. The van der Waals surface area contributed by atoms with Gasteiger partial charge < -0.3 is 0 Å². The van der Waals surface area contributed by atoms with Gasteiger partial charge in [0.05, 0.1) is 0 Å². The zero-order valence-corrected chi connectivity index (χ0v) is 6.81. The molecule has 0 aliphatic rings. The molecule has 0 amide bonds. The highest BCUT2D eigenvalue weighted by Gasteiger charge is 1.98. The Morgan fingerprint density at radius 2 is 2.25 bits per heavy atom. The summed E-state index contributed by atoms with van der Waals surface area (Å²) < 4.78 is 23.8. The van der Waals surface area contributed by atoms with Gasteiger partial charge in [0.2, 0.25) is 0 Å². The predicted molar refractivity (Wildman–Crippen MR) is 34.4 cm³/mol. The molecule has 0 aliphatic carbocycles. The van der Waals surface area contributed by atoms with Gasteiger partial charge in [-0.1, -0.05) is 22.9 Å². The van der Waals surface area contributed by atoms with E-state index in [0.717, 1.165) is 0 Å². The highest BCUT2D eigenvalue weighted by molar-refractivity contribution is 9.09. The number of halogens is 1. The second-order valence-electron chi connectivity index (χ2n) is 1.15. The van der Waals surface area contributed by atoms with Crippen LogP contribution in [-0.4, -0.2) is 13.4 Å². The van der Waals surface area contributed by atoms with E-state index in [9.17, 15) is 8.42 Å². The molecule has 0 bridgehead atoms. The van der Waals surface area contributed by atoms with Gasteiger partial charge in [0.25, 0.3) is 11.0 Å². The van der Waals surface area contributed by atoms with Crippen molar-refractivity contribution in [2.75, 3.05) is 0 Å². The quantitative estimate of drug-likeness (QED) is 0.541. The van der Waals surface area contributed by atoms with Gasteiger partial charge in [-0.2, -0.15) is 0 Å². The molecule has 0 spiro atoms. The van der Waals surface area contributed by atoms with Crippen molar-refractivity contribution in [3.63, 3.8) is 0 Å². The first-order valence-corrected chi connectivity index (χ1v) is 4.13. The first kappa shape index (κ1) is 8.39. The van der Waals surface area contributed by atoms with Gasteiger partial charge >= 0.3 is 0 Å². The summed E-state index contributed by atoms with van der Waals surface area (Å²) in [7, 11) is -2.69. The Balaban J connectivity index is 3.39. The summed E-state index contributed by atoms with van der Waals surface area (Å²) in [6.45, 7) is 1.82. The van der Waals surface area contributed by atoms with E-state index in [-0.39, 0.29) is 5.01 Å². The molecule has 0 saturated carbocycles. The summed E-state index contributed by atoms with van der Waals surface area (Å²) >= 11 is 2.97. The van der Waals surface area contributed by atoms with Gasteiger partial charge in [-0.25, -0.2) is 8.42 Å². The lowest BCUT2D eigenvalue weighted by Crippen LogP contribution is -1.99. The summed E-state index contributed by atoms with van der Waals surface area (Å²) in [5.41, 5.74) is 0. The lowest BCUT2D eigenvalue weighted by atomic mass is 10.5. The van der Waals surface area contributed by atoms with E-state index in [1.165, 1.54) is 0 Å². The Hall–Kier alpha value is 0.390. The number of thiol groups is 1. The molecule has 0 aromatic carbocycles. The van der Waals surface area contributed by atoms with E-state index in [0.29, 0.717) is 6.42 Å². The molecule has 0 aromatic rings. The number of rotatable bonds is 3. The topological polar surface area (TPSA) is 43.4 Å². The van der Waals surface area contributed by atoms with Crippen LogP contribution in [0, 0.1) is 0 Å². The molecule has 50 valence electrons. The Morgan fingerprint density at radius 1 is 1.75 bits per heavy atom. The molecular weight excluding hydrogens is 196 g/mol. The van der Waals surface area contributed by atoms with Gasteiger partial charge in [0, 0.05) is 0 Å². The Bertz CT molecular complexity index is 114. The Morgan fingerprint density at radius 3 is 2.38 bits per heavy atom. The maximum Gasteiger partial charge on any atom is 0.258 e. The van der Waals surface area contributed by atoms with Crippen LogP contribution in [0.1, 0.15) is 13.3 Å². The number of hydrogen-bond acceptors (Lipinski definition) is 3. The molecule has 0 radical (unpaired) electrons. The molecular formula is C3H7BrO3S. The maximum atomic E-state index is 9.75. The fourth-order valence-corrected chi connectivity index (χ4v) is 0.913. The van der Waals surface area contributed by atoms with Gasteiger partial charge in [-0.15, -0.1) is 0 Å². The first-order chi connectivity index (χ1) is 3.66. The minimum Gasteiger partial charge on any atom is -0.257 e.